The summed E-state index contributed by atoms with van der Waals surface area (Å²) in [5.41, 5.74) is 0.185. The van der Waals surface area contributed by atoms with Crippen molar-refractivity contribution in [1.29, 1.82) is 0 Å². The minimum Gasteiger partial charge on any atom is -0.480 e. The number of hydrogen-bond donors (Lipinski definition) is 2. The van der Waals surface area contributed by atoms with Gasteiger partial charge < -0.3 is 15.3 Å². The van der Waals surface area contributed by atoms with Gasteiger partial charge in [-0.25, -0.2) is 4.68 Å². The Bertz CT molecular complexity index is 454. The van der Waals surface area contributed by atoms with Crippen molar-refractivity contribution >= 4 is 11.9 Å². The third kappa shape index (κ3) is 2.48. The Kier molecular flexibility index (Phi) is 3.56. The molecule has 2 heterocycles. The number of nitrogens with one attached hydrogen (secondary N) is 1. The van der Waals surface area contributed by atoms with Gasteiger partial charge in [-0.15, -0.1) is 5.10 Å². The van der Waals surface area contributed by atoms with Gasteiger partial charge in [-0.3, -0.25) is 9.59 Å². The van der Waals surface area contributed by atoms with E-state index < -0.39 is 11.9 Å². The minimum atomic E-state index is -1.04. The Hall–Kier alpha value is -1.96. The molecule has 1 saturated heterocycles. The Morgan fingerprint density at radius 3 is 2.83 bits per heavy atom. The van der Waals surface area contributed by atoms with Crippen LogP contribution in [0.5, 0.6) is 0 Å². The highest BCUT2D eigenvalue weighted by Gasteiger charge is 2.24. The molecule has 0 aromatic carbocycles. The van der Waals surface area contributed by atoms with Crippen LogP contribution in [-0.4, -0.2) is 63.1 Å². The molecule has 2 N–H and O–H groups in total. The summed E-state index contributed by atoms with van der Waals surface area (Å²) in [5, 5.41) is 19.5. The van der Waals surface area contributed by atoms with E-state index in [2.05, 4.69) is 15.6 Å². The maximum absolute atomic E-state index is 12.0. The number of carboxylic acid groups (broad SMARTS) is 1. The number of aliphatic carboxylic acids is 1. The zero-order valence-electron chi connectivity index (χ0n) is 10.0. The van der Waals surface area contributed by atoms with Crippen LogP contribution in [0.25, 0.3) is 0 Å². The van der Waals surface area contributed by atoms with E-state index in [0.29, 0.717) is 6.54 Å². The molecule has 98 valence electrons. The predicted octanol–water partition coefficient (Wildman–Crippen LogP) is -1.03. The second kappa shape index (κ2) is 5.13. The van der Waals surface area contributed by atoms with Crippen LogP contribution in [0, 0.1) is 0 Å². The van der Waals surface area contributed by atoms with Gasteiger partial charge in [0.2, 0.25) is 0 Å². The fourth-order valence-electron chi connectivity index (χ4n) is 1.67. The van der Waals surface area contributed by atoms with E-state index in [1.165, 1.54) is 4.90 Å². The lowest BCUT2D eigenvalue weighted by atomic mass is 10.2. The van der Waals surface area contributed by atoms with Crippen LogP contribution < -0.4 is 5.32 Å². The molecule has 8 heteroatoms. The molecule has 0 atom stereocenters. The van der Waals surface area contributed by atoms with E-state index in [4.69, 9.17) is 5.11 Å². The molecule has 1 aliphatic rings. The molecule has 0 aliphatic carbocycles. The summed E-state index contributed by atoms with van der Waals surface area (Å²) in [6, 6.07) is 0.230. The number of aromatic nitrogens is 3. The van der Waals surface area contributed by atoms with Crippen molar-refractivity contribution in [2.45, 2.75) is 13.0 Å². The molecule has 1 fully saturated rings. The Labute approximate surface area is 104 Å². The van der Waals surface area contributed by atoms with Crippen LogP contribution in [0.4, 0.5) is 0 Å². The van der Waals surface area contributed by atoms with Gasteiger partial charge in [0.15, 0.2) is 5.69 Å². The van der Waals surface area contributed by atoms with Crippen LogP contribution in [0.15, 0.2) is 6.20 Å². The fraction of sp³-hybridized carbons (Fsp3) is 0.600. The molecule has 0 saturated carbocycles. The third-order valence-electron chi connectivity index (χ3n) is 2.86. The van der Waals surface area contributed by atoms with E-state index in [1.54, 1.807) is 17.8 Å². The Morgan fingerprint density at radius 1 is 1.61 bits per heavy atom. The smallest absolute Gasteiger partial charge is 0.323 e. The second-order valence-electron chi connectivity index (χ2n) is 4.11. The van der Waals surface area contributed by atoms with Gasteiger partial charge in [0.05, 0.1) is 12.2 Å². The summed E-state index contributed by atoms with van der Waals surface area (Å²) in [4.78, 5) is 23.8. The summed E-state index contributed by atoms with van der Waals surface area (Å²) in [6.45, 7) is 3.34. The third-order valence-corrected chi connectivity index (χ3v) is 2.86. The average Bonchev–Trinajstić information content (AvgIpc) is 2.71. The topological polar surface area (TPSA) is 100 Å². The minimum absolute atomic E-state index is 0.185. The van der Waals surface area contributed by atoms with E-state index in [9.17, 15) is 9.59 Å². The lowest BCUT2D eigenvalue weighted by molar-refractivity contribution is -0.137. The largest absolute Gasteiger partial charge is 0.480 e. The van der Waals surface area contributed by atoms with Gasteiger partial charge in [-0.1, -0.05) is 5.21 Å². The predicted molar refractivity (Wildman–Crippen MR) is 61.1 cm³/mol. The molecule has 2 rings (SSSR count). The molecule has 1 aliphatic heterocycles. The van der Waals surface area contributed by atoms with Crippen molar-refractivity contribution in [1.82, 2.24) is 25.2 Å². The van der Waals surface area contributed by atoms with E-state index in [1.807, 2.05) is 0 Å². The van der Waals surface area contributed by atoms with E-state index in [0.717, 1.165) is 13.1 Å². The van der Waals surface area contributed by atoms with Gasteiger partial charge in [0, 0.05) is 19.6 Å². The quantitative estimate of drug-likeness (QED) is 0.696. The summed E-state index contributed by atoms with van der Waals surface area (Å²) in [5.74, 6) is -1.45. The fourth-order valence-corrected chi connectivity index (χ4v) is 1.67. The monoisotopic (exact) mass is 253 g/mol. The number of carbonyl (C=O) groups is 2. The SMILES string of the molecule is CCN(CC(=O)O)C(=O)c1cn(C2CNC2)nn1. The highest BCUT2D eigenvalue weighted by Crippen LogP contribution is 2.10. The first-order chi connectivity index (χ1) is 8.61. The first-order valence-corrected chi connectivity index (χ1v) is 5.75. The Morgan fingerprint density at radius 2 is 2.33 bits per heavy atom. The second-order valence-corrected chi connectivity index (χ2v) is 4.11. The number of amides is 1. The van der Waals surface area contributed by atoms with Crippen LogP contribution in [0.2, 0.25) is 0 Å². The molecule has 1 aromatic rings. The van der Waals surface area contributed by atoms with Crippen molar-refractivity contribution in [2.24, 2.45) is 0 Å². The highest BCUT2D eigenvalue weighted by atomic mass is 16.4. The maximum atomic E-state index is 12.0. The number of rotatable bonds is 5. The highest BCUT2D eigenvalue weighted by molar-refractivity contribution is 5.93. The van der Waals surface area contributed by atoms with Crippen molar-refractivity contribution in [3.8, 4) is 0 Å². The molecule has 0 bridgehead atoms. The lowest BCUT2D eigenvalue weighted by Gasteiger charge is -2.26. The van der Waals surface area contributed by atoms with Crippen molar-refractivity contribution < 1.29 is 14.7 Å². The summed E-state index contributed by atoms with van der Waals surface area (Å²) >= 11 is 0. The van der Waals surface area contributed by atoms with Gasteiger partial charge in [-0.05, 0) is 6.92 Å². The Balaban J connectivity index is 2.06. The molecule has 8 nitrogen and oxygen atoms in total. The molecular weight excluding hydrogens is 238 g/mol. The van der Waals surface area contributed by atoms with Gasteiger partial charge in [-0.2, -0.15) is 0 Å². The van der Waals surface area contributed by atoms with Crippen LogP contribution >= 0.6 is 0 Å². The first-order valence-electron chi connectivity index (χ1n) is 5.75. The summed E-state index contributed by atoms with van der Waals surface area (Å²) in [7, 11) is 0. The van der Waals surface area contributed by atoms with Gasteiger partial charge >= 0.3 is 5.97 Å². The van der Waals surface area contributed by atoms with Crippen molar-refractivity contribution in [2.75, 3.05) is 26.2 Å². The summed E-state index contributed by atoms with van der Waals surface area (Å²) < 4.78 is 1.64. The number of nitrogens with zero attached hydrogens (tertiary/aromatic N) is 4. The number of carboxylic acids is 1. The molecule has 1 amide bonds. The maximum Gasteiger partial charge on any atom is 0.323 e. The zero-order valence-corrected chi connectivity index (χ0v) is 10.0. The molecule has 0 unspecified atom stereocenters. The molecule has 0 spiro atoms. The molecular formula is C10H15N5O3. The number of carbonyl (C=O) groups excluding carboxylic acids is 1. The van der Waals surface area contributed by atoms with E-state index >= 15 is 0 Å². The van der Waals surface area contributed by atoms with Gasteiger partial charge in [0.1, 0.15) is 6.54 Å². The number of likely N-dealkylation sites (N-methyl/N-ethyl adjacent to an activating group) is 1. The van der Waals surface area contributed by atoms with Crippen LogP contribution in [0.1, 0.15) is 23.5 Å². The average molecular weight is 253 g/mol. The first kappa shape index (κ1) is 12.5. The lowest BCUT2D eigenvalue weighted by Crippen LogP contribution is -2.43. The van der Waals surface area contributed by atoms with Crippen LogP contribution in [0.3, 0.4) is 0 Å². The van der Waals surface area contributed by atoms with Crippen molar-refractivity contribution in [3.63, 3.8) is 0 Å². The van der Waals surface area contributed by atoms with E-state index in [-0.39, 0.29) is 18.3 Å². The molecule has 0 radical (unpaired) electrons. The van der Waals surface area contributed by atoms with Crippen LogP contribution in [-0.2, 0) is 4.79 Å². The van der Waals surface area contributed by atoms with Crippen molar-refractivity contribution in [3.05, 3.63) is 11.9 Å². The molecule has 1 aromatic heterocycles. The summed E-state index contributed by atoms with van der Waals surface area (Å²) in [6.07, 6.45) is 1.57. The van der Waals surface area contributed by atoms with Gasteiger partial charge in [0.25, 0.3) is 5.91 Å². The zero-order chi connectivity index (χ0) is 13.1. The standard InChI is InChI=1S/C10H15N5O3/c1-2-14(6-9(16)17)10(18)8-5-15(13-12-8)7-3-11-4-7/h5,7,11H,2-4,6H2,1H3,(H,16,17). The number of hydrogen-bond acceptors (Lipinski definition) is 5. The normalized spacial score (nSPS) is 15.2. The molecule has 18 heavy (non-hydrogen) atoms.